The summed E-state index contributed by atoms with van der Waals surface area (Å²) in [4.78, 5) is 30.2. The maximum absolute atomic E-state index is 13.2. The van der Waals surface area contributed by atoms with Crippen LogP contribution in [0.2, 0.25) is 0 Å². The number of carbonyl (C=O) groups is 2. The van der Waals surface area contributed by atoms with E-state index in [-0.39, 0.29) is 6.42 Å². The van der Waals surface area contributed by atoms with E-state index in [1.807, 2.05) is 49.4 Å². The summed E-state index contributed by atoms with van der Waals surface area (Å²) in [7, 11) is 0. The van der Waals surface area contributed by atoms with Crippen LogP contribution < -0.4 is 5.32 Å². The van der Waals surface area contributed by atoms with Gasteiger partial charge in [0.25, 0.3) is 5.91 Å². The molecule has 2 heterocycles. The topological polar surface area (TPSA) is 97.4 Å². The van der Waals surface area contributed by atoms with E-state index >= 15 is 0 Å². The van der Waals surface area contributed by atoms with Gasteiger partial charge in [-0.15, -0.1) is 0 Å². The van der Waals surface area contributed by atoms with Gasteiger partial charge in [0.2, 0.25) is 0 Å². The maximum Gasteiger partial charge on any atom is 0.326 e. The van der Waals surface area contributed by atoms with Crippen LogP contribution in [0.1, 0.15) is 59.6 Å². The largest absolute Gasteiger partial charge is 0.480 e. The van der Waals surface area contributed by atoms with Gasteiger partial charge in [-0.25, -0.2) is 9.78 Å². The van der Waals surface area contributed by atoms with Gasteiger partial charge < -0.3 is 19.4 Å². The van der Waals surface area contributed by atoms with Crippen LogP contribution in [-0.4, -0.2) is 32.6 Å². The van der Waals surface area contributed by atoms with E-state index in [0.717, 1.165) is 46.1 Å². The summed E-state index contributed by atoms with van der Waals surface area (Å²) in [6, 6.07) is 18.7. The Morgan fingerprint density at radius 1 is 1.03 bits per heavy atom. The van der Waals surface area contributed by atoms with Crippen LogP contribution in [0.15, 0.2) is 77.6 Å². The smallest absolute Gasteiger partial charge is 0.326 e. The van der Waals surface area contributed by atoms with Gasteiger partial charge in [-0.3, -0.25) is 4.79 Å². The first-order valence-corrected chi connectivity index (χ1v) is 13.5. The monoisotopic (exact) mass is 521 g/mol. The first-order valence-electron chi connectivity index (χ1n) is 13.5. The van der Waals surface area contributed by atoms with Crippen LogP contribution in [0.25, 0.3) is 33.2 Å². The Hall–Kier alpha value is -4.39. The zero-order valence-electron chi connectivity index (χ0n) is 21.9. The Labute approximate surface area is 226 Å². The Bertz CT molecular complexity index is 1660. The molecule has 1 unspecified atom stereocenters. The van der Waals surface area contributed by atoms with Crippen LogP contribution in [0.4, 0.5) is 0 Å². The van der Waals surface area contributed by atoms with E-state index in [2.05, 4.69) is 16.0 Å². The minimum absolute atomic E-state index is 0.189. The molecular weight excluding hydrogens is 490 g/mol. The number of amides is 1. The molecule has 39 heavy (non-hydrogen) atoms. The maximum atomic E-state index is 13.2. The van der Waals surface area contributed by atoms with Gasteiger partial charge in [-0.1, -0.05) is 61.2 Å². The number of imidazole rings is 1. The van der Waals surface area contributed by atoms with Crippen LogP contribution in [-0.2, 0) is 11.2 Å². The predicted octanol–water partition coefficient (Wildman–Crippen LogP) is 6.69. The van der Waals surface area contributed by atoms with Crippen molar-refractivity contribution in [1.29, 1.82) is 0 Å². The third-order valence-corrected chi connectivity index (χ3v) is 7.77. The molecular formula is C32H31N3O4. The highest BCUT2D eigenvalue weighted by Crippen LogP contribution is 2.36. The minimum atomic E-state index is -1.07. The van der Waals surface area contributed by atoms with E-state index in [1.54, 1.807) is 24.7 Å². The van der Waals surface area contributed by atoms with Crippen molar-refractivity contribution in [2.75, 3.05) is 0 Å². The number of hydrogen-bond donors (Lipinski definition) is 2. The van der Waals surface area contributed by atoms with Crippen molar-refractivity contribution in [3.05, 3.63) is 89.9 Å². The highest BCUT2D eigenvalue weighted by molar-refractivity contribution is 5.99. The van der Waals surface area contributed by atoms with Gasteiger partial charge in [0.1, 0.15) is 18.1 Å². The molecule has 0 radical (unpaired) electrons. The second kappa shape index (κ2) is 10.4. The number of fused-ring (bicyclic) bond motifs is 2. The molecule has 0 saturated heterocycles. The van der Waals surface area contributed by atoms with Gasteiger partial charge in [0.05, 0.1) is 22.9 Å². The third-order valence-electron chi connectivity index (χ3n) is 7.77. The molecule has 7 heteroatoms. The summed E-state index contributed by atoms with van der Waals surface area (Å²) in [5.41, 5.74) is 4.99. The van der Waals surface area contributed by atoms with Crippen LogP contribution in [0.3, 0.4) is 0 Å². The molecule has 7 nitrogen and oxygen atoms in total. The fourth-order valence-corrected chi connectivity index (χ4v) is 5.76. The summed E-state index contributed by atoms with van der Waals surface area (Å²) in [5.74, 6) is -0.673. The molecule has 5 aromatic rings. The number of carboxylic acid groups (broad SMARTS) is 1. The minimum Gasteiger partial charge on any atom is -0.480 e. The summed E-state index contributed by atoms with van der Waals surface area (Å²) in [6.07, 6.45) is 9.32. The Balaban J connectivity index is 1.27. The molecule has 1 fully saturated rings. The fourth-order valence-electron chi connectivity index (χ4n) is 5.76. The fraction of sp³-hybridized carbons (Fsp3) is 0.281. The number of aliphatic carboxylic acids is 1. The molecule has 3 aromatic carbocycles. The average molecular weight is 522 g/mol. The van der Waals surface area contributed by atoms with Crippen LogP contribution in [0, 0.1) is 6.92 Å². The van der Waals surface area contributed by atoms with Crippen molar-refractivity contribution in [2.24, 2.45) is 0 Å². The van der Waals surface area contributed by atoms with Crippen molar-refractivity contribution in [1.82, 2.24) is 14.9 Å². The van der Waals surface area contributed by atoms with E-state index in [4.69, 9.17) is 9.40 Å². The molecule has 1 saturated carbocycles. The number of rotatable bonds is 7. The summed E-state index contributed by atoms with van der Waals surface area (Å²) < 4.78 is 7.62. The molecule has 198 valence electrons. The predicted molar refractivity (Wildman–Crippen MR) is 151 cm³/mol. The first-order chi connectivity index (χ1) is 19.0. The van der Waals surface area contributed by atoms with Crippen molar-refractivity contribution in [3.63, 3.8) is 0 Å². The van der Waals surface area contributed by atoms with Gasteiger partial charge in [-0.05, 0) is 60.4 Å². The SMILES string of the molecule is Cc1ccc2cc(CC(NC(=O)c3ccc4c(c3)nc(-c3ccoc3)n4C3CCCCC3)C(=O)O)ccc2c1. The summed E-state index contributed by atoms with van der Waals surface area (Å²) in [6.45, 7) is 2.04. The standard InChI is InChI=1S/C32H31N3O4/c1-20-7-9-23-16-21(8-10-22(23)15-20)17-28(32(37)38)34-31(36)24-11-12-29-27(18-24)33-30(25-13-14-39-19-25)35(29)26-5-3-2-4-6-26/h7-16,18-19,26,28H,2-6,17H2,1H3,(H,34,36)(H,37,38). The summed E-state index contributed by atoms with van der Waals surface area (Å²) in [5, 5.41) is 14.8. The number of aryl methyl sites for hydroxylation is 1. The van der Waals surface area contributed by atoms with Gasteiger partial charge >= 0.3 is 5.97 Å². The second-order valence-electron chi connectivity index (χ2n) is 10.6. The molecule has 6 rings (SSSR count). The molecule has 0 bridgehead atoms. The van der Waals surface area contributed by atoms with Crippen molar-refractivity contribution in [3.8, 4) is 11.4 Å². The molecule has 1 aliphatic carbocycles. The molecule has 1 amide bonds. The number of nitrogens with one attached hydrogen (secondary N) is 1. The molecule has 1 atom stereocenters. The highest BCUT2D eigenvalue weighted by Gasteiger charge is 2.25. The third kappa shape index (κ3) is 5.04. The first kappa shape index (κ1) is 24.9. The number of hydrogen-bond acceptors (Lipinski definition) is 4. The Kier molecular flexibility index (Phi) is 6.65. The Morgan fingerprint density at radius 3 is 2.59 bits per heavy atom. The Morgan fingerprint density at radius 2 is 1.82 bits per heavy atom. The lowest BCUT2D eigenvalue weighted by molar-refractivity contribution is -0.139. The van der Waals surface area contributed by atoms with Crippen molar-refractivity contribution in [2.45, 2.75) is 57.5 Å². The number of furan rings is 1. The molecule has 2 aromatic heterocycles. The van der Waals surface area contributed by atoms with Crippen LogP contribution >= 0.6 is 0 Å². The van der Waals surface area contributed by atoms with E-state index < -0.39 is 17.9 Å². The second-order valence-corrected chi connectivity index (χ2v) is 10.6. The van der Waals surface area contributed by atoms with Crippen LogP contribution in [0.5, 0.6) is 0 Å². The number of carboxylic acids is 1. The highest BCUT2D eigenvalue weighted by atomic mass is 16.4. The van der Waals surface area contributed by atoms with Gasteiger partial charge in [-0.2, -0.15) is 0 Å². The quantitative estimate of drug-likeness (QED) is 0.249. The van der Waals surface area contributed by atoms with Gasteiger partial charge in [0.15, 0.2) is 0 Å². The molecule has 0 aliphatic heterocycles. The van der Waals surface area contributed by atoms with Crippen molar-refractivity contribution < 1.29 is 19.1 Å². The number of aromatic nitrogens is 2. The lowest BCUT2D eigenvalue weighted by Crippen LogP contribution is -2.42. The number of benzene rings is 3. The zero-order chi connectivity index (χ0) is 26.9. The van der Waals surface area contributed by atoms with Gasteiger partial charge in [0, 0.05) is 18.0 Å². The van der Waals surface area contributed by atoms with Crippen molar-refractivity contribution >= 4 is 33.7 Å². The lowest BCUT2D eigenvalue weighted by atomic mass is 9.95. The average Bonchev–Trinajstić information content (AvgIpc) is 3.61. The molecule has 1 aliphatic rings. The lowest BCUT2D eigenvalue weighted by Gasteiger charge is -2.25. The van der Waals surface area contributed by atoms with E-state index in [0.29, 0.717) is 17.1 Å². The van der Waals surface area contributed by atoms with E-state index in [1.165, 1.54) is 24.8 Å². The van der Waals surface area contributed by atoms with E-state index in [9.17, 15) is 14.7 Å². The summed E-state index contributed by atoms with van der Waals surface area (Å²) >= 11 is 0. The number of nitrogens with zero attached hydrogens (tertiary/aromatic N) is 2. The normalized spacial score (nSPS) is 15.0. The number of carbonyl (C=O) groups excluding carboxylic acids is 1. The molecule has 2 N–H and O–H groups in total. The molecule has 0 spiro atoms. The zero-order valence-corrected chi connectivity index (χ0v) is 21.9.